The Morgan fingerprint density at radius 3 is 2.54 bits per heavy atom. The number of nitrogens with one attached hydrogen (secondary N) is 2. The third kappa shape index (κ3) is 3.07. The second kappa shape index (κ2) is 4.40. The maximum Gasteiger partial charge on any atom is 0.150 e. The second-order valence-electron chi connectivity index (χ2n) is 2.87. The summed E-state index contributed by atoms with van der Waals surface area (Å²) in [7, 11) is 0. The molecule has 0 bridgehead atoms. The van der Waals surface area contributed by atoms with E-state index in [9.17, 15) is 4.79 Å². The molecular formula is C10H12N2O. The summed E-state index contributed by atoms with van der Waals surface area (Å²) in [6.07, 6.45) is 0.811. The van der Waals surface area contributed by atoms with Gasteiger partial charge < -0.3 is 10.7 Å². The van der Waals surface area contributed by atoms with Crippen LogP contribution in [0.1, 0.15) is 17.3 Å². The zero-order valence-corrected chi connectivity index (χ0v) is 7.50. The highest BCUT2D eigenvalue weighted by atomic mass is 16.1. The van der Waals surface area contributed by atoms with E-state index in [2.05, 4.69) is 5.32 Å². The van der Waals surface area contributed by atoms with E-state index in [0.29, 0.717) is 17.8 Å². The third-order valence-corrected chi connectivity index (χ3v) is 1.60. The molecule has 2 N–H and O–H groups in total. The largest absolute Gasteiger partial charge is 0.380 e. The van der Waals surface area contributed by atoms with E-state index >= 15 is 0 Å². The Hall–Kier alpha value is -1.64. The maximum absolute atomic E-state index is 10.3. The molecule has 0 heterocycles. The Morgan fingerprint density at radius 2 is 2.08 bits per heavy atom. The van der Waals surface area contributed by atoms with Crippen molar-refractivity contribution in [2.75, 3.05) is 11.9 Å². The van der Waals surface area contributed by atoms with E-state index < -0.39 is 0 Å². The Labute approximate surface area is 77.3 Å². The smallest absolute Gasteiger partial charge is 0.150 e. The highest BCUT2D eigenvalue weighted by Gasteiger charge is 1.92. The van der Waals surface area contributed by atoms with Gasteiger partial charge in [-0.1, -0.05) is 0 Å². The minimum absolute atomic E-state index is 0.542. The lowest BCUT2D eigenvalue weighted by Gasteiger charge is -2.04. The van der Waals surface area contributed by atoms with E-state index in [1.165, 1.54) is 0 Å². The molecule has 0 aliphatic rings. The lowest BCUT2D eigenvalue weighted by molar-refractivity contribution is 0.112. The second-order valence-corrected chi connectivity index (χ2v) is 2.87. The predicted molar refractivity (Wildman–Crippen MR) is 53.7 cm³/mol. The predicted octanol–water partition coefficient (Wildman–Crippen LogP) is 1.95. The number of anilines is 1. The van der Waals surface area contributed by atoms with Crippen LogP contribution in [0, 0.1) is 5.41 Å². The molecule has 0 fully saturated rings. The highest BCUT2D eigenvalue weighted by molar-refractivity contribution is 5.83. The van der Waals surface area contributed by atoms with Crippen LogP contribution in [0.4, 0.5) is 5.69 Å². The minimum Gasteiger partial charge on any atom is -0.380 e. The molecule has 13 heavy (non-hydrogen) atoms. The van der Waals surface area contributed by atoms with Crippen molar-refractivity contribution in [3.63, 3.8) is 0 Å². The molecule has 0 unspecified atom stereocenters. The van der Waals surface area contributed by atoms with E-state index in [1.54, 1.807) is 19.1 Å². The molecule has 1 aromatic rings. The van der Waals surface area contributed by atoms with Crippen LogP contribution < -0.4 is 5.32 Å². The number of carbonyl (C=O) groups is 1. The van der Waals surface area contributed by atoms with Gasteiger partial charge in [-0.25, -0.2) is 0 Å². The number of rotatable bonds is 4. The normalized spacial score (nSPS) is 9.31. The average Bonchev–Trinajstić information content (AvgIpc) is 2.15. The first-order valence-electron chi connectivity index (χ1n) is 4.05. The molecule has 0 aromatic heterocycles. The highest BCUT2D eigenvalue weighted by Crippen LogP contribution is 2.07. The summed E-state index contributed by atoms with van der Waals surface area (Å²) < 4.78 is 0. The lowest BCUT2D eigenvalue weighted by atomic mass is 10.2. The molecule has 0 saturated carbocycles. The lowest BCUT2D eigenvalue weighted by Crippen LogP contribution is -2.08. The van der Waals surface area contributed by atoms with Crippen molar-refractivity contribution in [2.45, 2.75) is 6.92 Å². The molecule has 68 valence electrons. The number of hydrogen-bond acceptors (Lipinski definition) is 3. The molecule has 3 heteroatoms. The van der Waals surface area contributed by atoms with Gasteiger partial charge in [-0.05, 0) is 31.2 Å². The van der Waals surface area contributed by atoms with Gasteiger partial charge in [0, 0.05) is 17.0 Å². The molecule has 0 atom stereocenters. The van der Waals surface area contributed by atoms with Gasteiger partial charge in [-0.15, -0.1) is 0 Å². The summed E-state index contributed by atoms with van der Waals surface area (Å²) in [5.74, 6) is 0. The van der Waals surface area contributed by atoms with Crippen molar-refractivity contribution in [1.82, 2.24) is 0 Å². The fourth-order valence-corrected chi connectivity index (χ4v) is 0.914. The van der Waals surface area contributed by atoms with Gasteiger partial charge in [0.05, 0.1) is 6.54 Å². The SMILES string of the molecule is CC(=N)CNc1ccc(C=O)cc1. The fourth-order valence-electron chi connectivity index (χ4n) is 0.914. The van der Waals surface area contributed by atoms with Crippen LogP contribution in [0.25, 0.3) is 0 Å². The Balaban J connectivity index is 2.59. The van der Waals surface area contributed by atoms with E-state index in [4.69, 9.17) is 5.41 Å². The van der Waals surface area contributed by atoms with Gasteiger partial charge in [-0.3, -0.25) is 4.79 Å². The first-order chi connectivity index (χ1) is 6.22. The van der Waals surface area contributed by atoms with Gasteiger partial charge >= 0.3 is 0 Å². The number of aldehydes is 1. The fraction of sp³-hybridized carbons (Fsp3) is 0.200. The first kappa shape index (κ1) is 9.45. The molecule has 1 aromatic carbocycles. The van der Waals surface area contributed by atoms with Gasteiger partial charge in [0.25, 0.3) is 0 Å². The summed E-state index contributed by atoms with van der Waals surface area (Å²) in [6, 6.07) is 7.14. The maximum atomic E-state index is 10.3. The number of benzene rings is 1. The van der Waals surface area contributed by atoms with Crippen LogP contribution in [0.3, 0.4) is 0 Å². The van der Waals surface area contributed by atoms with E-state index in [-0.39, 0.29) is 0 Å². The van der Waals surface area contributed by atoms with Crippen LogP contribution >= 0.6 is 0 Å². The van der Waals surface area contributed by atoms with Crippen LogP contribution in [-0.4, -0.2) is 18.5 Å². The van der Waals surface area contributed by atoms with Crippen LogP contribution in [0.2, 0.25) is 0 Å². The van der Waals surface area contributed by atoms with Crippen molar-refractivity contribution in [1.29, 1.82) is 5.41 Å². The summed E-state index contributed by atoms with van der Waals surface area (Å²) in [5.41, 5.74) is 2.17. The molecule has 0 amide bonds. The monoisotopic (exact) mass is 176 g/mol. The summed E-state index contributed by atoms with van der Waals surface area (Å²) in [5, 5.41) is 10.3. The molecule has 0 saturated heterocycles. The van der Waals surface area contributed by atoms with Gasteiger partial charge in [0.1, 0.15) is 6.29 Å². The zero-order chi connectivity index (χ0) is 9.68. The molecule has 0 radical (unpaired) electrons. The molecule has 0 aliphatic carbocycles. The van der Waals surface area contributed by atoms with Gasteiger partial charge in [0.15, 0.2) is 0 Å². The Kier molecular flexibility index (Phi) is 3.20. The van der Waals surface area contributed by atoms with Crippen molar-refractivity contribution < 1.29 is 4.79 Å². The van der Waals surface area contributed by atoms with Gasteiger partial charge in [0.2, 0.25) is 0 Å². The van der Waals surface area contributed by atoms with Crippen LogP contribution in [-0.2, 0) is 0 Å². The average molecular weight is 176 g/mol. The third-order valence-electron chi connectivity index (χ3n) is 1.60. The minimum atomic E-state index is 0.542. The van der Waals surface area contributed by atoms with Crippen molar-refractivity contribution in [2.24, 2.45) is 0 Å². The molecule has 0 aliphatic heterocycles. The number of hydrogen-bond donors (Lipinski definition) is 2. The number of carbonyl (C=O) groups excluding carboxylic acids is 1. The van der Waals surface area contributed by atoms with Crippen LogP contribution in [0.15, 0.2) is 24.3 Å². The standard InChI is InChI=1S/C10H12N2O/c1-8(11)6-12-10-4-2-9(7-13)3-5-10/h2-5,7,11-12H,6H2,1H3. The van der Waals surface area contributed by atoms with E-state index in [0.717, 1.165) is 12.0 Å². The Morgan fingerprint density at radius 1 is 1.46 bits per heavy atom. The Bertz CT molecular complexity index is 303. The molecule has 1 rings (SSSR count). The molecular weight excluding hydrogens is 164 g/mol. The van der Waals surface area contributed by atoms with Crippen molar-refractivity contribution in [3.05, 3.63) is 29.8 Å². The summed E-state index contributed by atoms with van der Waals surface area (Å²) in [4.78, 5) is 10.3. The van der Waals surface area contributed by atoms with Crippen LogP contribution in [0.5, 0.6) is 0 Å². The molecule has 0 spiro atoms. The van der Waals surface area contributed by atoms with Crippen molar-refractivity contribution >= 4 is 17.7 Å². The van der Waals surface area contributed by atoms with Gasteiger partial charge in [-0.2, -0.15) is 0 Å². The van der Waals surface area contributed by atoms with Crippen molar-refractivity contribution in [3.8, 4) is 0 Å². The van der Waals surface area contributed by atoms with E-state index in [1.807, 2.05) is 12.1 Å². The first-order valence-corrected chi connectivity index (χ1v) is 4.05. The topological polar surface area (TPSA) is 53.0 Å². The molecule has 3 nitrogen and oxygen atoms in total. The quantitative estimate of drug-likeness (QED) is 0.544. The summed E-state index contributed by atoms with van der Waals surface area (Å²) >= 11 is 0. The zero-order valence-electron chi connectivity index (χ0n) is 7.50. The summed E-state index contributed by atoms with van der Waals surface area (Å²) in [6.45, 7) is 2.28.